The highest BCUT2D eigenvalue weighted by Crippen LogP contribution is 2.34. The van der Waals surface area contributed by atoms with Crippen molar-refractivity contribution in [2.75, 3.05) is 47.4 Å². The van der Waals surface area contributed by atoms with Crippen molar-refractivity contribution in [2.45, 2.75) is 65.0 Å². The van der Waals surface area contributed by atoms with Crippen molar-refractivity contribution in [1.29, 1.82) is 0 Å². The highest BCUT2D eigenvalue weighted by Gasteiger charge is 2.31. The zero-order valence-corrected chi connectivity index (χ0v) is 43.9. The lowest BCUT2D eigenvalue weighted by Gasteiger charge is -2.30. The Balaban J connectivity index is 0.000000194. The van der Waals surface area contributed by atoms with Crippen LogP contribution >= 0.6 is 0 Å². The van der Waals surface area contributed by atoms with Crippen LogP contribution in [0.3, 0.4) is 0 Å². The monoisotopic (exact) mass is 1090 g/mol. The average Bonchev–Trinajstić information content (AvgIpc) is 3.46. The predicted octanol–water partition coefficient (Wildman–Crippen LogP) is 13.6. The number of piperidine rings is 2. The van der Waals surface area contributed by atoms with E-state index in [1.54, 1.807) is 30.3 Å². The number of benzene rings is 4. The highest BCUT2D eigenvalue weighted by atomic mass is 19.4. The Morgan fingerprint density at radius 2 is 0.975 bits per heavy atom. The SMILES string of the molecule is CC1CCN(Cc2ccc(NC(=O)c3ccnc(Nc4nccc(-c5cccc(C(F)(F)F)c5)n4)c3)cc2)CC1.CC1CCN(Cc2ccc(NC(=O)c3cncc(Nc4nccc(-c5cccc(C(F)(F)F)c5)n4)c3)cc2)CC1. The molecular weight excluding hydrogens is 1030 g/mol. The van der Waals surface area contributed by atoms with E-state index in [9.17, 15) is 35.9 Å². The van der Waals surface area contributed by atoms with Crippen LogP contribution in [0.15, 0.2) is 158 Å². The molecule has 20 heteroatoms. The summed E-state index contributed by atoms with van der Waals surface area (Å²) >= 11 is 0. The van der Waals surface area contributed by atoms with Crippen LogP contribution in [0.25, 0.3) is 22.5 Å². The Morgan fingerprint density at radius 3 is 1.46 bits per heavy atom. The predicted molar refractivity (Wildman–Crippen MR) is 296 cm³/mol. The van der Waals surface area contributed by atoms with Crippen LogP contribution in [0.5, 0.6) is 0 Å². The number of likely N-dealkylation sites (tertiary alicyclic amines) is 2. The molecule has 14 nitrogen and oxygen atoms in total. The second kappa shape index (κ2) is 25.4. The fraction of sp³-hybridized carbons (Fsp3) is 0.267. The van der Waals surface area contributed by atoms with Crippen LogP contribution in [0.4, 0.5) is 61.1 Å². The number of rotatable bonds is 14. The summed E-state index contributed by atoms with van der Waals surface area (Å²) in [5, 5.41) is 11.7. The molecule has 2 fully saturated rings. The van der Waals surface area contributed by atoms with Gasteiger partial charge < -0.3 is 21.3 Å². The smallest absolute Gasteiger partial charge is 0.323 e. The first kappa shape index (κ1) is 56.1. The van der Waals surface area contributed by atoms with Gasteiger partial charge in [-0.2, -0.15) is 26.3 Å². The lowest BCUT2D eigenvalue weighted by atomic mass is 9.99. The molecule has 8 aromatic rings. The summed E-state index contributed by atoms with van der Waals surface area (Å²) in [7, 11) is 0. The number of aromatic nitrogens is 6. The van der Waals surface area contributed by atoms with Crippen LogP contribution in [0.1, 0.15) is 82.5 Å². The molecule has 0 bridgehead atoms. The van der Waals surface area contributed by atoms with Crippen LogP contribution < -0.4 is 21.3 Å². The number of nitrogens with one attached hydrogen (secondary N) is 4. The molecule has 0 radical (unpaired) electrons. The minimum absolute atomic E-state index is 0.138. The van der Waals surface area contributed by atoms with Gasteiger partial charge in [0.15, 0.2) is 0 Å². The summed E-state index contributed by atoms with van der Waals surface area (Å²) in [5.74, 6) is 1.57. The van der Waals surface area contributed by atoms with Crippen molar-refractivity contribution < 1.29 is 35.9 Å². The molecule has 4 N–H and O–H groups in total. The topological polar surface area (TPSA) is 166 Å². The fourth-order valence-electron chi connectivity index (χ4n) is 9.14. The number of pyridine rings is 2. The second-order valence-electron chi connectivity index (χ2n) is 20.0. The Labute approximate surface area is 459 Å². The summed E-state index contributed by atoms with van der Waals surface area (Å²) in [4.78, 5) is 56.0. The van der Waals surface area contributed by atoms with Crippen molar-refractivity contribution in [3.8, 4) is 22.5 Å². The molecule has 2 saturated heterocycles. The summed E-state index contributed by atoms with van der Waals surface area (Å²) in [6.45, 7) is 10.8. The summed E-state index contributed by atoms with van der Waals surface area (Å²) in [6, 6.07) is 33.4. The van der Waals surface area contributed by atoms with E-state index in [4.69, 9.17) is 0 Å². The van der Waals surface area contributed by atoms with E-state index < -0.39 is 23.5 Å². The van der Waals surface area contributed by atoms with Gasteiger partial charge in [0, 0.05) is 65.9 Å². The maximum atomic E-state index is 13.1. The molecule has 10 rings (SSSR count). The normalized spacial score (nSPS) is 14.6. The molecule has 412 valence electrons. The molecule has 0 aliphatic carbocycles. The average molecular weight is 1090 g/mol. The lowest BCUT2D eigenvalue weighted by molar-refractivity contribution is -0.138. The van der Waals surface area contributed by atoms with Crippen LogP contribution in [0.2, 0.25) is 0 Å². The number of halogens is 6. The van der Waals surface area contributed by atoms with Gasteiger partial charge in [0.1, 0.15) is 5.82 Å². The van der Waals surface area contributed by atoms with Crippen molar-refractivity contribution in [1.82, 2.24) is 39.7 Å². The first-order valence-electron chi connectivity index (χ1n) is 26.2. The van der Waals surface area contributed by atoms with Crippen molar-refractivity contribution in [3.63, 3.8) is 0 Å². The fourth-order valence-corrected chi connectivity index (χ4v) is 9.14. The third kappa shape index (κ3) is 15.8. The van der Waals surface area contributed by atoms with Gasteiger partial charge in [-0.15, -0.1) is 0 Å². The molecule has 2 aliphatic rings. The van der Waals surface area contributed by atoms with Crippen molar-refractivity contribution in [3.05, 3.63) is 192 Å². The molecule has 6 heterocycles. The van der Waals surface area contributed by atoms with Crippen molar-refractivity contribution in [2.24, 2.45) is 11.8 Å². The zero-order valence-electron chi connectivity index (χ0n) is 43.9. The maximum absolute atomic E-state index is 13.1. The van der Waals surface area contributed by atoms with E-state index in [1.807, 2.05) is 48.5 Å². The third-order valence-electron chi connectivity index (χ3n) is 13.8. The van der Waals surface area contributed by atoms with Crippen LogP contribution in [-0.4, -0.2) is 77.7 Å². The number of anilines is 6. The maximum Gasteiger partial charge on any atom is 0.416 e. The summed E-state index contributed by atoms with van der Waals surface area (Å²) in [5.41, 5.74) is 4.66. The first-order valence-corrected chi connectivity index (χ1v) is 26.2. The number of hydrogen-bond acceptors (Lipinski definition) is 12. The molecule has 0 spiro atoms. The summed E-state index contributed by atoms with van der Waals surface area (Å²) in [6.07, 6.45) is 3.33. The quantitative estimate of drug-likeness (QED) is 0.0763. The Bertz CT molecular complexity index is 3160. The molecule has 0 unspecified atom stereocenters. The lowest BCUT2D eigenvalue weighted by Crippen LogP contribution is -2.32. The van der Waals surface area contributed by atoms with Crippen molar-refractivity contribution >= 4 is 46.6 Å². The molecule has 2 aliphatic heterocycles. The standard InChI is InChI=1S/2C30H29F3N6O/c1-20-11-15-39(16-12-20)19-21-5-7-25(8-6-21)36-28(40)23-9-13-34-27(18-23)38-29-35-14-10-26(37-29)22-3-2-4-24(17-22)30(31,32)33;1-20-10-13-39(14-11-20)19-21-5-7-25(8-6-21)36-28(40)23-16-26(18-34-17-23)37-29-35-12-9-27(38-29)22-3-2-4-24(15-22)30(31,32)33/h2-10,13-14,17-18,20H,11-12,15-16,19H2,1H3,(H,36,40)(H,34,35,37,38);2-9,12,15-18,20H,10-11,13-14,19H2,1H3,(H,36,40)(H,35,37,38). The number of alkyl halides is 6. The van der Waals surface area contributed by atoms with Crippen LogP contribution in [-0.2, 0) is 25.4 Å². The largest absolute Gasteiger partial charge is 0.416 e. The van der Waals surface area contributed by atoms with Gasteiger partial charge >= 0.3 is 12.4 Å². The van der Waals surface area contributed by atoms with E-state index in [0.29, 0.717) is 56.5 Å². The number of amides is 2. The number of nitrogens with zero attached hydrogens (tertiary/aromatic N) is 8. The van der Waals surface area contributed by atoms with Crippen LogP contribution in [0, 0.1) is 11.8 Å². The molecule has 0 saturated carbocycles. The van der Waals surface area contributed by atoms with E-state index in [2.05, 4.69) is 74.8 Å². The molecule has 80 heavy (non-hydrogen) atoms. The van der Waals surface area contributed by atoms with Gasteiger partial charge in [-0.05, 0) is 154 Å². The van der Waals surface area contributed by atoms with E-state index in [0.717, 1.165) is 75.4 Å². The van der Waals surface area contributed by atoms with E-state index >= 15 is 0 Å². The number of hydrogen-bond donors (Lipinski definition) is 4. The Morgan fingerprint density at radius 1 is 0.512 bits per heavy atom. The van der Waals surface area contributed by atoms with Gasteiger partial charge in [0.25, 0.3) is 11.8 Å². The molecular formula is C60H58F6N12O2. The minimum Gasteiger partial charge on any atom is -0.323 e. The van der Waals surface area contributed by atoms with E-state index in [1.165, 1.54) is 92.1 Å². The number of carbonyl (C=O) groups is 2. The Hall–Kier alpha value is -8.62. The molecule has 4 aromatic carbocycles. The number of carbonyl (C=O) groups excluding carboxylic acids is 2. The molecule has 2 amide bonds. The Kier molecular flexibility index (Phi) is 17.8. The van der Waals surface area contributed by atoms with E-state index in [-0.39, 0.29) is 23.7 Å². The van der Waals surface area contributed by atoms with Gasteiger partial charge in [-0.25, -0.2) is 24.9 Å². The third-order valence-corrected chi connectivity index (χ3v) is 13.8. The first-order chi connectivity index (χ1) is 38.4. The summed E-state index contributed by atoms with van der Waals surface area (Å²) < 4.78 is 78.7. The molecule has 0 atom stereocenters. The second-order valence-corrected chi connectivity index (χ2v) is 20.0. The van der Waals surface area contributed by atoms with Gasteiger partial charge in [0.05, 0.1) is 40.0 Å². The highest BCUT2D eigenvalue weighted by molar-refractivity contribution is 6.05. The zero-order chi connectivity index (χ0) is 56.2. The van der Waals surface area contributed by atoms with Gasteiger partial charge in [-0.3, -0.25) is 24.4 Å². The van der Waals surface area contributed by atoms with Gasteiger partial charge in [-0.1, -0.05) is 62.4 Å². The molecule has 4 aromatic heterocycles. The van der Waals surface area contributed by atoms with Gasteiger partial charge in [0.2, 0.25) is 11.9 Å². The minimum atomic E-state index is -4.46.